The van der Waals surface area contributed by atoms with Gasteiger partial charge in [0.05, 0.1) is 23.5 Å². The van der Waals surface area contributed by atoms with E-state index >= 15 is 0 Å². The maximum absolute atomic E-state index is 11.8. The molecule has 0 radical (unpaired) electrons. The summed E-state index contributed by atoms with van der Waals surface area (Å²) < 4.78 is 33.0. The minimum absolute atomic E-state index is 0. The molecule has 0 heterocycles. The first-order valence-corrected chi connectivity index (χ1v) is 8.38. The Morgan fingerprint density at radius 1 is 1.42 bits per heavy atom. The fourth-order valence-electron chi connectivity index (χ4n) is 1.09. The van der Waals surface area contributed by atoms with Gasteiger partial charge >= 0.3 is 29.6 Å². The predicted octanol–water partition coefficient (Wildman–Crippen LogP) is -1.63. The van der Waals surface area contributed by atoms with Crippen LogP contribution in [0.15, 0.2) is 28.0 Å². The normalized spacial score (nSPS) is 11.1. The van der Waals surface area contributed by atoms with Crippen LogP contribution in [0.5, 0.6) is 0 Å². The van der Waals surface area contributed by atoms with Gasteiger partial charge in [-0.15, -0.1) is 0 Å². The largest absolute Gasteiger partial charge is 1.00 e. The Balaban J connectivity index is 0.00000324. The third-order valence-electron chi connectivity index (χ3n) is 1.92. The van der Waals surface area contributed by atoms with E-state index in [0.717, 1.165) is 5.56 Å². The number of aryl methyl sites for hydroxylation is 1. The van der Waals surface area contributed by atoms with Crippen molar-refractivity contribution in [2.75, 3.05) is 11.0 Å². The van der Waals surface area contributed by atoms with Gasteiger partial charge in [0.2, 0.25) is 0 Å². The topological polar surface area (TPSA) is 84.9 Å². The second-order valence-corrected chi connectivity index (χ2v) is 6.55. The third kappa shape index (κ3) is 6.59. The molecule has 0 N–H and O–H groups in total. The molecule has 19 heavy (non-hydrogen) atoms. The van der Waals surface area contributed by atoms with Crippen LogP contribution in [0.25, 0.3) is 0 Å². The number of alkyl halides is 1. The molecule has 1 aromatic carbocycles. The number of halogens is 1. The average Bonchev–Trinajstić information content (AvgIpc) is 2.35. The summed E-state index contributed by atoms with van der Waals surface area (Å²) in [5.74, 6) is 0. The van der Waals surface area contributed by atoms with E-state index in [1.165, 1.54) is 12.1 Å². The van der Waals surface area contributed by atoms with Crippen molar-refractivity contribution in [2.24, 2.45) is 0 Å². The van der Waals surface area contributed by atoms with Crippen LogP contribution in [0.3, 0.4) is 0 Å². The Kier molecular flexibility index (Phi) is 10.5. The van der Waals surface area contributed by atoms with Crippen LogP contribution in [-0.4, -0.2) is 19.5 Å². The average molecular weight is 428 g/mol. The van der Waals surface area contributed by atoms with Gasteiger partial charge in [0.15, 0.2) is 0 Å². The standard InChI is InChI=1S/C9H11IO6S2.Na/c1-7-2-3-8(6-9(7)17-16-15-11)18(12,13)14-5-4-10;/h2-3,6,11H,4-5H2,1H3;/q;+1/p-1. The third-order valence-corrected chi connectivity index (χ3v) is 4.41. The SMILES string of the molecule is Cc1ccc(S(=O)(=O)OCCI)cc1SOO[O-].[Na+]. The number of benzene rings is 1. The molecule has 0 fully saturated rings. The second kappa shape index (κ2) is 9.92. The molecule has 1 aromatic rings. The van der Waals surface area contributed by atoms with Crippen molar-refractivity contribution in [3.05, 3.63) is 23.8 Å². The van der Waals surface area contributed by atoms with Crippen LogP contribution < -0.4 is 34.8 Å². The van der Waals surface area contributed by atoms with Gasteiger partial charge in [0, 0.05) is 9.32 Å². The van der Waals surface area contributed by atoms with Crippen molar-refractivity contribution in [3.8, 4) is 0 Å². The molecule has 0 aliphatic carbocycles. The number of hydrogen-bond acceptors (Lipinski definition) is 7. The van der Waals surface area contributed by atoms with Gasteiger partial charge in [-0.05, 0) is 24.6 Å². The van der Waals surface area contributed by atoms with Crippen LogP contribution >= 0.6 is 34.6 Å². The molecule has 0 aliphatic heterocycles. The Morgan fingerprint density at radius 2 is 2.11 bits per heavy atom. The summed E-state index contributed by atoms with van der Waals surface area (Å²) in [4.78, 5) is 0.472. The van der Waals surface area contributed by atoms with Crippen LogP contribution in [0.4, 0.5) is 0 Å². The Hall–Kier alpha value is 1.09. The summed E-state index contributed by atoms with van der Waals surface area (Å²) in [5, 5.41) is 13.0. The van der Waals surface area contributed by atoms with Gasteiger partial charge in [-0.25, -0.2) is 0 Å². The summed E-state index contributed by atoms with van der Waals surface area (Å²) >= 11 is 2.66. The van der Waals surface area contributed by atoms with Crippen molar-refractivity contribution in [3.63, 3.8) is 0 Å². The molecule has 10 heteroatoms. The van der Waals surface area contributed by atoms with Gasteiger partial charge in [0.25, 0.3) is 10.1 Å². The van der Waals surface area contributed by atoms with E-state index in [2.05, 4.69) is 9.37 Å². The van der Waals surface area contributed by atoms with Crippen molar-refractivity contribution in [1.29, 1.82) is 0 Å². The van der Waals surface area contributed by atoms with Crippen LogP contribution in [0.2, 0.25) is 0 Å². The summed E-state index contributed by atoms with van der Waals surface area (Å²) in [7, 11) is -3.78. The molecule has 0 spiro atoms. The van der Waals surface area contributed by atoms with E-state index < -0.39 is 10.1 Å². The Labute approximate surface area is 151 Å². The molecule has 0 amide bonds. The van der Waals surface area contributed by atoms with Crippen molar-refractivity contribution in [2.45, 2.75) is 16.7 Å². The predicted molar refractivity (Wildman–Crippen MR) is 71.2 cm³/mol. The zero-order valence-electron chi connectivity index (χ0n) is 10.3. The molecule has 102 valence electrons. The van der Waals surface area contributed by atoms with E-state index in [0.29, 0.717) is 21.4 Å². The first-order valence-electron chi connectivity index (χ1n) is 4.70. The smallest absolute Gasteiger partial charge is 0.691 e. The molecule has 0 atom stereocenters. The van der Waals surface area contributed by atoms with Crippen molar-refractivity contribution >= 4 is 44.8 Å². The van der Waals surface area contributed by atoms with E-state index in [1.54, 1.807) is 13.0 Å². The van der Waals surface area contributed by atoms with E-state index in [1.807, 2.05) is 22.6 Å². The fraction of sp³-hybridized carbons (Fsp3) is 0.333. The van der Waals surface area contributed by atoms with Gasteiger partial charge in [-0.1, -0.05) is 28.7 Å². The van der Waals surface area contributed by atoms with Gasteiger partial charge in [-0.3, -0.25) is 9.22 Å². The Morgan fingerprint density at radius 3 is 2.68 bits per heavy atom. The van der Waals surface area contributed by atoms with E-state index in [4.69, 9.17) is 4.18 Å². The summed E-state index contributed by atoms with van der Waals surface area (Å²) in [5.41, 5.74) is 0.755. The minimum atomic E-state index is -3.78. The molecule has 1 rings (SSSR count). The summed E-state index contributed by atoms with van der Waals surface area (Å²) in [6.07, 6.45) is 0. The van der Waals surface area contributed by atoms with Crippen molar-refractivity contribution in [1.82, 2.24) is 0 Å². The van der Waals surface area contributed by atoms with E-state index in [-0.39, 0.29) is 41.1 Å². The van der Waals surface area contributed by atoms with Crippen LogP contribution in [0, 0.1) is 6.92 Å². The number of rotatable bonds is 7. The molecule has 0 aliphatic rings. The Bertz CT molecular complexity index is 495. The molecule has 0 aromatic heterocycles. The maximum Gasteiger partial charge on any atom is 1.00 e. The van der Waals surface area contributed by atoms with Gasteiger partial charge < -0.3 is 5.26 Å². The zero-order valence-corrected chi connectivity index (χ0v) is 16.1. The van der Waals surface area contributed by atoms with E-state index in [9.17, 15) is 13.7 Å². The number of hydrogen-bond donors (Lipinski definition) is 0. The monoisotopic (exact) mass is 428 g/mol. The first kappa shape index (κ1) is 20.1. The molecule has 6 nitrogen and oxygen atoms in total. The second-order valence-electron chi connectivity index (χ2n) is 3.11. The zero-order chi connectivity index (χ0) is 13.6. The molecule has 0 unspecified atom stereocenters. The van der Waals surface area contributed by atoms with Crippen molar-refractivity contribution < 1.29 is 56.8 Å². The molecular formula is C9H10INaO6S2. The van der Waals surface area contributed by atoms with Crippen LogP contribution in [0.1, 0.15) is 5.56 Å². The quantitative estimate of drug-likeness (QED) is 0.0981. The summed E-state index contributed by atoms with van der Waals surface area (Å²) in [6, 6.07) is 4.39. The molecular weight excluding hydrogens is 418 g/mol. The minimum Gasteiger partial charge on any atom is -0.691 e. The first-order chi connectivity index (χ1) is 8.51. The molecule has 0 saturated carbocycles. The van der Waals surface area contributed by atoms with Gasteiger partial charge in [-0.2, -0.15) is 12.8 Å². The summed E-state index contributed by atoms with van der Waals surface area (Å²) in [6.45, 7) is 1.86. The fourth-order valence-corrected chi connectivity index (χ4v) is 3.09. The molecule has 0 bridgehead atoms. The molecule has 0 saturated heterocycles. The maximum atomic E-state index is 11.8. The van der Waals surface area contributed by atoms with Crippen LogP contribution in [-0.2, 0) is 23.7 Å². The van der Waals surface area contributed by atoms with Gasteiger partial charge in [0.1, 0.15) is 0 Å².